The SMILES string of the molecule is O=C(Nc1cccc(Cn2ccnc2)c1)c1ccc[nH]c1=S. The maximum atomic E-state index is 12.3. The maximum Gasteiger partial charge on any atom is 0.258 e. The van der Waals surface area contributed by atoms with Crippen LogP contribution in [0.5, 0.6) is 0 Å². The monoisotopic (exact) mass is 310 g/mol. The predicted octanol–water partition coefficient (Wildman–Crippen LogP) is 3.24. The first kappa shape index (κ1) is 14.2. The molecule has 0 unspecified atom stereocenters. The molecule has 0 saturated heterocycles. The van der Waals surface area contributed by atoms with E-state index in [1.807, 2.05) is 35.0 Å². The second-order valence-electron chi connectivity index (χ2n) is 4.80. The Kier molecular flexibility index (Phi) is 4.11. The van der Waals surface area contributed by atoms with Gasteiger partial charge >= 0.3 is 0 Å². The third-order valence-electron chi connectivity index (χ3n) is 3.17. The van der Waals surface area contributed by atoms with Crippen LogP contribution < -0.4 is 5.32 Å². The summed E-state index contributed by atoms with van der Waals surface area (Å²) in [7, 11) is 0. The largest absolute Gasteiger partial charge is 0.352 e. The minimum Gasteiger partial charge on any atom is -0.352 e. The number of rotatable bonds is 4. The molecule has 3 aromatic rings. The van der Waals surface area contributed by atoms with Crippen molar-refractivity contribution in [2.24, 2.45) is 0 Å². The number of anilines is 1. The number of hydrogen-bond acceptors (Lipinski definition) is 3. The smallest absolute Gasteiger partial charge is 0.258 e. The number of nitrogens with zero attached hydrogens (tertiary/aromatic N) is 2. The molecule has 1 aromatic carbocycles. The first-order valence-corrected chi connectivity index (χ1v) is 7.17. The Hall–Kier alpha value is -2.73. The van der Waals surface area contributed by atoms with Crippen molar-refractivity contribution in [1.82, 2.24) is 14.5 Å². The average molecular weight is 310 g/mol. The predicted molar refractivity (Wildman–Crippen MR) is 87.4 cm³/mol. The number of aromatic amines is 1. The Balaban J connectivity index is 1.77. The van der Waals surface area contributed by atoms with E-state index in [2.05, 4.69) is 15.3 Å². The lowest BCUT2D eigenvalue weighted by molar-refractivity contribution is 0.102. The third kappa shape index (κ3) is 3.29. The van der Waals surface area contributed by atoms with Gasteiger partial charge in [0.1, 0.15) is 4.64 Å². The van der Waals surface area contributed by atoms with Crippen LogP contribution in [0.2, 0.25) is 0 Å². The highest BCUT2D eigenvalue weighted by Crippen LogP contribution is 2.13. The van der Waals surface area contributed by atoms with Gasteiger partial charge in [-0.2, -0.15) is 0 Å². The van der Waals surface area contributed by atoms with Crippen molar-refractivity contribution >= 4 is 23.8 Å². The Bertz CT molecular complexity index is 839. The summed E-state index contributed by atoms with van der Waals surface area (Å²) in [5.41, 5.74) is 2.27. The van der Waals surface area contributed by atoms with Crippen LogP contribution in [0.25, 0.3) is 0 Å². The quantitative estimate of drug-likeness (QED) is 0.727. The minimum atomic E-state index is -0.221. The van der Waals surface area contributed by atoms with Gasteiger partial charge in [-0.1, -0.05) is 24.4 Å². The molecular weight excluding hydrogens is 296 g/mol. The second kappa shape index (κ2) is 6.36. The van der Waals surface area contributed by atoms with Gasteiger partial charge in [-0.3, -0.25) is 4.79 Å². The fourth-order valence-corrected chi connectivity index (χ4v) is 2.37. The van der Waals surface area contributed by atoms with Gasteiger partial charge in [-0.25, -0.2) is 4.98 Å². The summed E-state index contributed by atoms with van der Waals surface area (Å²) >= 11 is 5.12. The van der Waals surface area contributed by atoms with E-state index in [-0.39, 0.29) is 5.91 Å². The van der Waals surface area contributed by atoms with E-state index >= 15 is 0 Å². The van der Waals surface area contributed by atoms with Crippen LogP contribution in [0.4, 0.5) is 5.69 Å². The summed E-state index contributed by atoms with van der Waals surface area (Å²) in [5, 5.41) is 2.87. The number of amides is 1. The van der Waals surface area contributed by atoms with Gasteiger partial charge in [0.05, 0.1) is 11.9 Å². The average Bonchev–Trinajstić information content (AvgIpc) is 3.01. The molecule has 0 aliphatic heterocycles. The third-order valence-corrected chi connectivity index (χ3v) is 3.51. The fraction of sp³-hybridized carbons (Fsp3) is 0.0625. The number of pyridine rings is 1. The van der Waals surface area contributed by atoms with Crippen molar-refractivity contribution in [3.63, 3.8) is 0 Å². The molecule has 110 valence electrons. The molecule has 1 amide bonds. The highest BCUT2D eigenvalue weighted by Gasteiger charge is 2.08. The first-order chi connectivity index (χ1) is 10.7. The van der Waals surface area contributed by atoms with Crippen molar-refractivity contribution in [3.05, 3.63) is 77.1 Å². The van der Waals surface area contributed by atoms with Crippen LogP contribution in [0.3, 0.4) is 0 Å². The molecule has 22 heavy (non-hydrogen) atoms. The lowest BCUT2D eigenvalue weighted by Crippen LogP contribution is -2.13. The second-order valence-corrected chi connectivity index (χ2v) is 5.21. The summed E-state index contributed by atoms with van der Waals surface area (Å²) in [6.07, 6.45) is 7.09. The lowest BCUT2D eigenvalue weighted by Gasteiger charge is -2.08. The van der Waals surface area contributed by atoms with Gasteiger partial charge in [0.25, 0.3) is 5.91 Å². The molecule has 0 saturated carbocycles. The van der Waals surface area contributed by atoms with E-state index in [1.54, 1.807) is 30.9 Å². The van der Waals surface area contributed by atoms with Crippen molar-refractivity contribution in [1.29, 1.82) is 0 Å². The van der Waals surface area contributed by atoms with E-state index in [4.69, 9.17) is 12.2 Å². The number of nitrogens with one attached hydrogen (secondary N) is 2. The molecule has 2 heterocycles. The summed E-state index contributed by atoms with van der Waals surface area (Å²) in [5.74, 6) is -0.221. The van der Waals surface area contributed by atoms with E-state index < -0.39 is 0 Å². The zero-order chi connectivity index (χ0) is 15.4. The van der Waals surface area contributed by atoms with Gasteiger partial charge in [0, 0.05) is 30.8 Å². The molecule has 0 fully saturated rings. The fourth-order valence-electron chi connectivity index (χ4n) is 2.14. The van der Waals surface area contributed by atoms with Gasteiger partial charge < -0.3 is 14.9 Å². The number of carbonyl (C=O) groups excluding carboxylic acids is 1. The molecule has 2 N–H and O–H groups in total. The van der Waals surface area contributed by atoms with E-state index in [9.17, 15) is 4.79 Å². The molecule has 0 atom stereocenters. The zero-order valence-corrected chi connectivity index (χ0v) is 12.5. The van der Waals surface area contributed by atoms with E-state index in [1.165, 1.54) is 0 Å². The van der Waals surface area contributed by atoms with Crippen molar-refractivity contribution < 1.29 is 4.79 Å². The van der Waals surface area contributed by atoms with Crippen molar-refractivity contribution in [2.75, 3.05) is 5.32 Å². The molecular formula is C16H14N4OS. The van der Waals surface area contributed by atoms with Crippen LogP contribution in [0.15, 0.2) is 61.3 Å². The molecule has 2 aromatic heterocycles. The molecule has 3 rings (SSSR count). The van der Waals surface area contributed by atoms with Crippen LogP contribution in [0.1, 0.15) is 15.9 Å². The van der Waals surface area contributed by atoms with E-state index in [0.717, 1.165) is 11.3 Å². The van der Waals surface area contributed by atoms with Crippen molar-refractivity contribution in [3.8, 4) is 0 Å². The lowest BCUT2D eigenvalue weighted by atomic mass is 10.2. The van der Waals surface area contributed by atoms with Gasteiger partial charge in [0.15, 0.2) is 0 Å². The van der Waals surface area contributed by atoms with Crippen LogP contribution in [-0.4, -0.2) is 20.4 Å². The van der Waals surface area contributed by atoms with Gasteiger partial charge in [-0.05, 0) is 29.8 Å². The number of benzene rings is 1. The van der Waals surface area contributed by atoms with Gasteiger partial charge in [0.2, 0.25) is 0 Å². The first-order valence-electron chi connectivity index (χ1n) is 6.76. The zero-order valence-electron chi connectivity index (χ0n) is 11.7. The van der Waals surface area contributed by atoms with E-state index in [0.29, 0.717) is 16.7 Å². The van der Waals surface area contributed by atoms with Crippen molar-refractivity contribution in [2.45, 2.75) is 6.54 Å². The Morgan fingerprint density at radius 1 is 1.32 bits per heavy atom. The van der Waals surface area contributed by atoms with Crippen LogP contribution in [0, 0.1) is 4.64 Å². The highest BCUT2D eigenvalue weighted by atomic mass is 32.1. The molecule has 0 aliphatic rings. The maximum absolute atomic E-state index is 12.3. The summed E-state index contributed by atoms with van der Waals surface area (Å²) in [4.78, 5) is 19.1. The Labute approximate surface area is 132 Å². The number of aromatic nitrogens is 3. The molecule has 6 heteroatoms. The Morgan fingerprint density at radius 2 is 2.23 bits per heavy atom. The molecule has 0 spiro atoms. The topological polar surface area (TPSA) is 62.7 Å². The molecule has 0 radical (unpaired) electrons. The number of imidazole rings is 1. The summed E-state index contributed by atoms with van der Waals surface area (Å²) < 4.78 is 2.39. The van der Waals surface area contributed by atoms with Crippen LogP contribution >= 0.6 is 12.2 Å². The minimum absolute atomic E-state index is 0.221. The number of H-pyrrole nitrogens is 1. The van der Waals surface area contributed by atoms with Crippen LogP contribution in [-0.2, 0) is 6.54 Å². The Morgan fingerprint density at radius 3 is 3.00 bits per heavy atom. The number of carbonyl (C=O) groups is 1. The standard InChI is InChI=1S/C16H14N4OS/c21-15(14-5-2-6-18-16(14)22)19-13-4-1-3-12(9-13)10-20-8-7-17-11-20/h1-9,11H,10H2,(H,18,22)(H,19,21). The number of hydrogen-bond donors (Lipinski definition) is 2. The molecule has 5 nitrogen and oxygen atoms in total. The molecule has 0 aliphatic carbocycles. The molecule has 0 bridgehead atoms. The summed E-state index contributed by atoms with van der Waals surface area (Å²) in [6.45, 7) is 0.703. The normalized spacial score (nSPS) is 10.4. The van der Waals surface area contributed by atoms with Gasteiger partial charge in [-0.15, -0.1) is 0 Å². The summed E-state index contributed by atoms with van der Waals surface area (Å²) in [6, 6.07) is 11.2. The highest BCUT2D eigenvalue weighted by molar-refractivity contribution is 7.71.